The first-order valence-corrected chi connectivity index (χ1v) is 11.3. The molecule has 0 bridgehead atoms. The summed E-state index contributed by atoms with van der Waals surface area (Å²) in [7, 11) is 0. The molecule has 0 amide bonds. The summed E-state index contributed by atoms with van der Waals surface area (Å²) in [6, 6.07) is 23.3. The van der Waals surface area contributed by atoms with Crippen molar-refractivity contribution in [3.8, 4) is 6.07 Å². The highest BCUT2D eigenvalue weighted by Gasteiger charge is 2.47. The Morgan fingerprint density at radius 1 is 1.00 bits per heavy atom. The minimum Gasteiger partial charge on any atom is -0.368 e. The van der Waals surface area contributed by atoms with E-state index in [1.54, 1.807) is 16.8 Å². The second-order valence-electron chi connectivity index (χ2n) is 7.87. The smallest absolute Gasteiger partial charge is 0.270 e. The second-order valence-corrected chi connectivity index (χ2v) is 8.21. The zero-order valence-electron chi connectivity index (χ0n) is 18.3. The van der Waals surface area contributed by atoms with Crippen LogP contribution >= 0.6 is 11.6 Å². The lowest BCUT2D eigenvalue weighted by Gasteiger charge is -2.26. The van der Waals surface area contributed by atoms with E-state index < -0.39 is 17.6 Å². The van der Waals surface area contributed by atoms with Crippen molar-refractivity contribution in [3.63, 3.8) is 0 Å². The van der Waals surface area contributed by atoms with Gasteiger partial charge < -0.3 is 18.8 Å². The molecule has 33 heavy (non-hydrogen) atoms. The summed E-state index contributed by atoms with van der Waals surface area (Å²) in [5.74, 6) is 0. The average molecular weight is 465 g/mol. The van der Waals surface area contributed by atoms with E-state index in [0.717, 1.165) is 11.1 Å². The fourth-order valence-corrected chi connectivity index (χ4v) is 4.33. The molecule has 6 nitrogen and oxygen atoms in total. The van der Waals surface area contributed by atoms with E-state index in [4.69, 9.17) is 25.8 Å². The van der Waals surface area contributed by atoms with E-state index in [2.05, 4.69) is 0 Å². The molecule has 1 aromatic heterocycles. The van der Waals surface area contributed by atoms with Crippen molar-refractivity contribution in [2.24, 2.45) is 0 Å². The maximum absolute atomic E-state index is 12.2. The number of carbonyl (C=O) groups is 1. The SMILES string of the molecule is CCC1OC(n2ccc(C#N)c2C(=O)Cl)C(OCc2ccccc2)C1OCc1ccccc1. The molecule has 7 heteroatoms. The molecule has 0 radical (unpaired) electrons. The fraction of sp³-hybridized carbons (Fsp3) is 0.308. The summed E-state index contributed by atoms with van der Waals surface area (Å²) in [6.45, 7) is 2.77. The second kappa shape index (κ2) is 10.8. The molecule has 0 N–H and O–H groups in total. The monoisotopic (exact) mass is 464 g/mol. The predicted octanol–water partition coefficient (Wildman–Crippen LogP) is 5.22. The first kappa shape index (κ1) is 23.2. The van der Waals surface area contributed by atoms with Gasteiger partial charge >= 0.3 is 0 Å². The number of nitrogens with zero attached hydrogens (tertiary/aromatic N) is 2. The molecule has 1 saturated heterocycles. The number of hydrogen-bond acceptors (Lipinski definition) is 5. The van der Waals surface area contributed by atoms with E-state index >= 15 is 0 Å². The Labute approximate surface area is 198 Å². The van der Waals surface area contributed by atoms with Crippen molar-refractivity contribution in [1.82, 2.24) is 4.57 Å². The molecule has 2 aromatic carbocycles. The van der Waals surface area contributed by atoms with Gasteiger partial charge in [0.05, 0.1) is 24.9 Å². The molecular weight excluding hydrogens is 440 g/mol. The van der Waals surface area contributed by atoms with Gasteiger partial charge in [-0.2, -0.15) is 5.26 Å². The molecule has 4 rings (SSSR count). The van der Waals surface area contributed by atoms with Gasteiger partial charge in [0.15, 0.2) is 6.23 Å². The van der Waals surface area contributed by atoms with Crippen molar-refractivity contribution in [2.75, 3.05) is 0 Å². The molecule has 3 aromatic rings. The number of carbonyl (C=O) groups excluding carboxylic acids is 1. The summed E-state index contributed by atoms with van der Waals surface area (Å²) in [4.78, 5) is 12.2. The number of halogens is 1. The zero-order chi connectivity index (χ0) is 23.2. The Kier molecular flexibility index (Phi) is 7.58. The van der Waals surface area contributed by atoms with Gasteiger partial charge in [-0.3, -0.25) is 4.79 Å². The Morgan fingerprint density at radius 3 is 2.09 bits per heavy atom. The molecule has 2 heterocycles. The summed E-state index contributed by atoms with van der Waals surface area (Å²) >= 11 is 5.84. The van der Waals surface area contributed by atoms with Crippen LogP contribution in [0.2, 0.25) is 0 Å². The molecular formula is C26H25ClN2O4. The fourth-order valence-electron chi connectivity index (χ4n) is 4.13. The number of hydrogen-bond donors (Lipinski definition) is 0. The Bertz CT molecular complexity index is 1110. The molecule has 170 valence electrons. The van der Waals surface area contributed by atoms with E-state index in [1.807, 2.05) is 73.7 Å². The maximum Gasteiger partial charge on any atom is 0.270 e. The van der Waals surface area contributed by atoms with Crippen molar-refractivity contribution in [3.05, 3.63) is 95.3 Å². The topological polar surface area (TPSA) is 73.5 Å². The molecule has 4 unspecified atom stereocenters. The summed E-state index contributed by atoms with van der Waals surface area (Å²) in [6.07, 6.45) is 0.509. The van der Waals surface area contributed by atoms with Crippen LogP contribution in [0.3, 0.4) is 0 Å². The van der Waals surface area contributed by atoms with E-state index in [0.29, 0.717) is 19.6 Å². The van der Waals surface area contributed by atoms with Gasteiger partial charge in [-0.1, -0.05) is 67.6 Å². The quantitative estimate of drug-likeness (QED) is 0.406. The van der Waals surface area contributed by atoms with Crippen LogP contribution in [0.4, 0.5) is 0 Å². The summed E-state index contributed by atoms with van der Waals surface area (Å²) in [5, 5.41) is 8.71. The van der Waals surface area contributed by atoms with Crippen molar-refractivity contribution in [1.29, 1.82) is 5.26 Å². The summed E-state index contributed by atoms with van der Waals surface area (Å²) in [5.41, 5.74) is 2.34. The molecule has 4 atom stereocenters. The van der Waals surface area contributed by atoms with Crippen molar-refractivity contribution < 1.29 is 19.0 Å². The molecule has 0 aliphatic carbocycles. The number of benzene rings is 2. The third-order valence-electron chi connectivity index (χ3n) is 5.75. The maximum atomic E-state index is 12.2. The predicted molar refractivity (Wildman–Crippen MR) is 124 cm³/mol. The molecule has 0 saturated carbocycles. The first-order chi connectivity index (χ1) is 16.1. The summed E-state index contributed by atoms with van der Waals surface area (Å²) < 4.78 is 20.6. The highest BCUT2D eigenvalue weighted by molar-refractivity contribution is 6.67. The molecule has 0 spiro atoms. The Hall–Kier alpha value is -2.95. The lowest BCUT2D eigenvalue weighted by Crippen LogP contribution is -2.36. The van der Waals surface area contributed by atoms with Crippen LogP contribution in [-0.4, -0.2) is 28.1 Å². The number of nitriles is 1. The van der Waals surface area contributed by atoms with Crippen LogP contribution in [0.25, 0.3) is 0 Å². The highest BCUT2D eigenvalue weighted by atomic mass is 35.5. The Balaban J connectivity index is 1.64. The van der Waals surface area contributed by atoms with Crippen molar-refractivity contribution >= 4 is 16.8 Å². The largest absolute Gasteiger partial charge is 0.368 e. The number of aromatic nitrogens is 1. The van der Waals surface area contributed by atoms with Crippen LogP contribution in [-0.2, 0) is 27.4 Å². The third-order valence-corrected chi connectivity index (χ3v) is 5.93. The van der Waals surface area contributed by atoms with Gasteiger partial charge in [0.25, 0.3) is 5.24 Å². The van der Waals surface area contributed by atoms with E-state index in [-0.39, 0.29) is 23.5 Å². The zero-order valence-corrected chi connectivity index (χ0v) is 19.0. The van der Waals surface area contributed by atoms with Crippen LogP contribution in [0.15, 0.2) is 72.9 Å². The third kappa shape index (κ3) is 5.18. The van der Waals surface area contributed by atoms with Crippen LogP contribution in [0.1, 0.15) is 46.8 Å². The van der Waals surface area contributed by atoms with Gasteiger partial charge in [-0.15, -0.1) is 0 Å². The number of ether oxygens (including phenoxy) is 3. The lowest BCUT2D eigenvalue weighted by atomic mass is 10.1. The van der Waals surface area contributed by atoms with Gasteiger partial charge in [-0.05, 0) is 35.2 Å². The molecule has 1 aliphatic rings. The van der Waals surface area contributed by atoms with Crippen LogP contribution in [0, 0.1) is 11.3 Å². The van der Waals surface area contributed by atoms with Gasteiger partial charge in [-0.25, -0.2) is 0 Å². The molecule has 1 fully saturated rings. The molecule has 1 aliphatic heterocycles. The standard InChI is InChI=1S/C26H25ClN2O4/c1-2-21-23(31-16-18-9-5-3-6-10-18)24(32-17-19-11-7-4-8-12-19)26(33-21)29-14-13-20(15-28)22(29)25(27)30/h3-14,21,23-24,26H,2,16-17H2,1H3. The average Bonchev–Trinajstić information content (AvgIpc) is 3.43. The van der Waals surface area contributed by atoms with Crippen LogP contribution < -0.4 is 0 Å². The van der Waals surface area contributed by atoms with Gasteiger partial charge in [0, 0.05) is 6.20 Å². The highest BCUT2D eigenvalue weighted by Crippen LogP contribution is 2.38. The Morgan fingerprint density at radius 2 is 1.58 bits per heavy atom. The minimum absolute atomic E-state index is 0.0936. The van der Waals surface area contributed by atoms with Crippen molar-refractivity contribution in [2.45, 2.75) is 51.1 Å². The first-order valence-electron chi connectivity index (χ1n) is 10.9. The normalized spacial score (nSPS) is 22.2. The van der Waals surface area contributed by atoms with Crippen LogP contribution in [0.5, 0.6) is 0 Å². The minimum atomic E-state index is -0.719. The van der Waals surface area contributed by atoms with E-state index in [9.17, 15) is 10.1 Å². The van der Waals surface area contributed by atoms with Gasteiger partial charge in [0.1, 0.15) is 24.0 Å². The number of rotatable bonds is 9. The van der Waals surface area contributed by atoms with E-state index in [1.165, 1.54) is 0 Å². The lowest BCUT2D eigenvalue weighted by molar-refractivity contribution is -0.0903. The van der Waals surface area contributed by atoms with Gasteiger partial charge in [0.2, 0.25) is 0 Å².